The van der Waals surface area contributed by atoms with Crippen LogP contribution in [-0.2, 0) is 10.0 Å². The van der Waals surface area contributed by atoms with Crippen molar-refractivity contribution < 1.29 is 17.9 Å². The molecular formula is C20H24N2O4S. The van der Waals surface area contributed by atoms with Crippen molar-refractivity contribution in [1.82, 2.24) is 4.72 Å². The van der Waals surface area contributed by atoms with E-state index in [2.05, 4.69) is 10.0 Å². The van der Waals surface area contributed by atoms with Crippen LogP contribution < -0.4 is 14.8 Å². The number of aryl methyl sites for hydroxylation is 1. The molecule has 7 heteroatoms. The van der Waals surface area contributed by atoms with Crippen LogP contribution in [0.1, 0.15) is 41.6 Å². The van der Waals surface area contributed by atoms with Crippen molar-refractivity contribution in [3.8, 4) is 5.75 Å². The minimum Gasteiger partial charge on any atom is -0.495 e. The normalized spacial score (nSPS) is 14.9. The Morgan fingerprint density at radius 2 is 1.85 bits per heavy atom. The molecule has 0 unspecified atom stereocenters. The molecule has 27 heavy (non-hydrogen) atoms. The lowest BCUT2D eigenvalue weighted by Gasteiger charge is -2.16. The predicted octanol–water partition coefficient (Wildman–Crippen LogP) is 3.48. The number of hydrogen-bond donors (Lipinski definition) is 2. The lowest BCUT2D eigenvalue weighted by molar-refractivity contribution is 0.102. The molecule has 1 saturated carbocycles. The van der Waals surface area contributed by atoms with E-state index in [0.717, 1.165) is 31.2 Å². The molecule has 2 aromatic rings. The van der Waals surface area contributed by atoms with Crippen LogP contribution in [0.2, 0.25) is 0 Å². The summed E-state index contributed by atoms with van der Waals surface area (Å²) in [6.45, 7) is 1.93. The number of carbonyl (C=O) groups excluding carboxylic acids is 1. The maximum atomic E-state index is 12.8. The van der Waals surface area contributed by atoms with Gasteiger partial charge in [-0.05, 0) is 55.7 Å². The fraction of sp³-hybridized carbons (Fsp3) is 0.350. The minimum absolute atomic E-state index is 0.0196. The third-order valence-electron chi connectivity index (χ3n) is 4.67. The molecule has 6 nitrogen and oxygen atoms in total. The van der Waals surface area contributed by atoms with Gasteiger partial charge < -0.3 is 10.1 Å². The fourth-order valence-electron chi connectivity index (χ4n) is 3.28. The molecule has 0 bridgehead atoms. The molecule has 0 atom stereocenters. The van der Waals surface area contributed by atoms with Gasteiger partial charge >= 0.3 is 0 Å². The molecular weight excluding hydrogens is 364 g/mol. The molecule has 0 saturated heterocycles. The van der Waals surface area contributed by atoms with Gasteiger partial charge in [-0.2, -0.15) is 0 Å². The van der Waals surface area contributed by atoms with Crippen LogP contribution in [0.3, 0.4) is 0 Å². The highest BCUT2D eigenvalue weighted by atomic mass is 32.2. The van der Waals surface area contributed by atoms with Crippen molar-refractivity contribution >= 4 is 21.6 Å². The van der Waals surface area contributed by atoms with Crippen molar-refractivity contribution in [1.29, 1.82) is 0 Å². The molecule has 0 radical (unpaired) electrons. The van der Waals surface area contributed by atoms with E-state index < -0.39 is 10.0 Å². The lowest BCUT2D eigenvalue weighted by Crippen LogP contribution is -2.33. The Labute approximate surface area is 160 Å². The number of sulfonamides is 1. The summed E-state index contributed by atoms with van der Waals surface area (Å²) in [4.78, 5) is 12.6. The van der Waals surface area contributed by atoms with Crippen LogP contribution in [0.15, 0.2) is 47.4 Å². The molecule has 144 valence electrons. The van der Waals surface area contributed by atoms with Crippen molar-refractivity contribution in [2.45, 2.75) is 43.5 Å². The molecule has 1 fully saturated rings. The summed E-state index contributed by atoms with van der Waals surface area (Å²) in [5, 5.41) is 2.79. The standard InChI is InChI=1S/C20H24N2O4S/c1-14-6-5-9-17(12-14)21-20(23)15-10-11-18(26-2)19(13-15)27(24,25)22-16-7-3-4-8-16/h5-6,9-13,16,22H,3-4,7-8H2,1-2H3,(H,21,23). The molecule has 2 N–H and O–H groups in total. The van der Waals surface area contributed by atoms with Crippen LogP contribution in [0, 0.1) is 6.92 Å². The van der Waals surface area contributed by atoms with Crippen LogP contribution in [0.4, 0.5) is 5.69 Å². The second-order valence-corrected chi connectivity index (χ2v) is 8.47. The topological polar surface area (TPSA) is 84.5 Å². The molecule has 1 aliphatic carbocycles. The van der Waals surface area contributed by atoms with Gasteiger partial charge in [0.2, 0.25) is 10.0 Å². The number of amides is 1. The largest absolute Gasteiger partial charge is 0.495 e. The summed E-state index contributed by atoms with van der Waals surface area (Å²) in [5.41, 5.74) is 1.93. The second kappa shape index (κ2) is 8.10. The number of benzene rings is 2. The van der Waals surface area contributed by atoms with Crippen molar-refractivity contribution in [3.63, 3.8) is 0 Å². The Kier molecular flexibility index (Phi) is 5.82. The monoisotopic (exact) mass is 388 g/mol. The van der Waals surface area contributed by atoms with Gasteiger partial charge in [0, 0.05) is 17.3 Å². The molecule has 0 spiro atoms. The third-order valence-corrected chi connectivity index (χ3v) is 6.21. The number of anilines is 1. The molecule has 0 heterocycles. The number of methoxy groups -OCH3 is 1. The van der Waals surface area contributed by atoms with Gasteiger partial charge in [-0.3, -0.25) is 4.79 Å². The molecule has 0 aliphatic heterocycles. The van der Waals surface area contributed by atoms with E-state index in [-0.39, 0.29) is 28.2 Å². The van der Waals surface area contributed by atoms with Gasteiger partial charge in [0.05, 0.1) is 7.11 Å². The van der Waals surface area contributed by atoms with E-state index in [1.165, 1.54) is 19.2 Å². The number of carbonyl (C=O) groups is 1. The third kappa shape index (κ3) is 4.67. The van der Waals surface area contributed by atoms with Gasteiger partial charge in [0.25, 0.3) is 5.91 Å². The summed E-state index contributed by atoms with van der Waals surface area (Å²) in [6, 6.07) is 11.8. The maximum absolute atomic E-state index is 12.8. The predicted molar refractivity (Wildman–Crippen MR) is 105 cm³/mol. The number of hydrogen-bond acceptors (Lipinski definition) is 4. The molecule has 1 amide bonds. The van der Waals surface area contributed by atoms with Crippen molar-refractivity contribution in [2.75, 3.05) is 12.4 Å². The zero-order valence-corrected chi connectivity index (χ0v) is 16.3. The average molecular weight is 388 g/mol. The average Bonchev–Trinajstić information content (AvgIpc) is 3.13. The van der Waals surface area contributed by atoms with Gasteiger partial charge in [-0.1, -0.05) is 25.0 Å². The Bertz CT molecular complexity index is 935. The zero-order chi connectivity index (χ0) is 19.4. The minimum atomic E-state index is -3.78. The highest BCUT2D eigenvalue weighted by molar-refractivity contribution is 7.89. The highest BCUT2D eigenvalue weighted by Crippen LogP contribution is 2.27. The van der Waals surface area contributed by atoms with Crippen LogP contribution >= 0.6 is 0 Å². The number of nitrogens with one attached hydrogen (secondary N) is 2. The summed E-state index contributed by atoms with van der Waals surface area (Å²) >= 11 is 0. The van der Waals surface area contributed by atoms with E-state index >= 15 is 0 Å². The fourth-order valence-corrected chi connectivity index (χ4v) is 4.78. The highest BCUT2D eigenvalue weighted by Gasteiger charge is 2.26. The summed E-state index contributed by atoms with van der Waals surface area (Å²) in [5.74, 6) is -0.159. The zero-order valence-electron chi connectivity index (χ0n) is 15.5. The molecule has 2 aromatic carbocycles. The first-order chi connectivity index (χ1) is 12.9. The van der Waals surface area contributed by atoms with E-state index in [1.54, 1.807) is 12.1 Å². The van der Waals surface area contributed by atoms with Gasteiger partial charge in [-0.25, -0.2) is 13.1 Å². The Hall–Kier alpha value is -2.38. The van der Waals surface area contributed by atoms with E-state index in [9.17, 15) is 13.2 Å². The SMILES string of the molecule is COc1ccc(C(=O)Nc2cccc(C)c2)cc1S(=O)(=O)NC1CCCC1. The summed E-state index contributed by atoms with van der Waals surface area (Å²) in [7, 11) is -2.36. The maximum Gasteiger partial charge on any atom is 0.255 e. The Morgan fingerprint density at radius 1 is 1.11 bits per heavy atom. The second-order valence-electron chi connectivity index (χ2n) is 6.79. The quantitative estimate of drug-likeness (QED) is 0.793. The van der Waals surface area contributed by atoms with Gasteiger partial charge in [0.15, 0.2) is 0 Å². The first-order valence-electron chi connectivity index (χ1n) is 8.97. The first kappa shape index (κ1) is 19.4. The number of ether oxygens (including phenoxy) is 1. The summed E-state index contributed by atoms with van der Waals surface area (Å²) < 4.78 is 33.6. The van der Waals surface area contributed by atoms with E-state index in [0.29, 0.717) is 5.69 Å². The molecule has 3 rings (SSSR count). The van der Waals surface area contributed by atoms with Gasteiger partial charge in [0.1, 0.15) is 10.6 Å². The molecule has 0 aromatic heterocycles. The van der Waals surface area contributed by atoms with Crippen molar-refractivity contribution in [2.24, 2.45) is 0 Å². The number of rotatable bonds is 6. The molecule has 1 aliphatic rings. The van der Waals surface area contributed by atoms with Crippen LogP contribution in [0.25, 0.3) is 0 Å². The van der Waals surface area contributed by atoms with E-state index in [1.807, 2.05) is 25.1 Å². The van der Waals surface area contributed by atoms with Crippen molar-refractivity contribution in [3.05, 3.63) is 53.6 Å². The smallest absolute Gasteiger partial charge is 0.255 e. The summed E-state index contributed by atoms with van der Waals surface area (Å²) in [6.07, 6.45) is 3.69. The Morgan fingerprint density at radius 3 is 2.52 bits per heavy atom. The lowest BCUT2D eigenvalue weighted by atomic mass is 10.2. The van der Waals surface area contributed by atoms with Crippen LogP contribution in [-0.4, -0.2) is 27.5 Å². The van der Waals surface area contributed by atoms with E-state index in [4.69, 9.17) is 4.74 Å². The van der Waals surface area contributed by atoms with Crippen LogP contribution in [0.5, 0.6) is 5.75 Å². The first-order valence-corrected chi connectivity index (χ1v) is 10.5. The Balaban J connectivity index is 1.87. The van der Waals surface area contributed by atoms with Gasteiger partial charge in [-0.15, -0.1) is 0 Å².